The third-order valence-electron chi connectivity index (χ3n) is 4.41. The molecule has 1 aliphatic carbocycles. The van der Waals surface area contributed by atoms with Crippen molar-refractivity contribution in [2.45, 2.75) is 50.5 Å². The maximum Gasteiger partial charge on any atom is 0.267 e. The summed E-state index contributed by atoms with van der Waals surface area (Å²) in [6.45, 7) is 2.20. The molecule has 2 aromatic rings. The van der Waals surface area contributed by atoms with E-state index in [4.69, 9.17) is 0 Å². The molecule has 6 heteroatoms. The maximum absolute atomic E-state index is 12.4. The predicted octanol–water partition coefficient (Wildman–Crippen LogP) is 2.29. The summed E-state index contributed by atoms with van der Waals surface area (Å²) in [5.41, 5.74) is 2.82. The van der Waals surface area contributed by atoms with Crippen LogP contribution >= 0.6 is 0 Å². The van der Waals surface area contributed by atoms with E-state index in [9.17, 15) is 13.2 Å². The van der Waals surface area contributed by atoms with Crippen LogP contribution in [0.25, 0.3) is 0 Å². The number of hydrogen-bond acceptors (Lipinski definition) is 4. The summed E-state index contributed by atoms with van der Waals surface area (Å²) in [7, 11) is -3.33. The largest absolute Gasteiger partial charge is 0.268 e. The average molecular weight is 346 g/mol. The van der Waals surface area contributed by atoms with E-state index in [-0.39, 0.29) is 11.3 Å². The van der Waals surface area contributed by atoms with Gasteiger partial charge in [0.2, 0.25) is 0 Å². The van der Waals surface area contributed by atoms with Gasteiger partial charge in [-0.3, -0.25) is 4.79 Å². The van der Waals surface area contributed by atoms with Gasteiger partial charge in [-0.15, -0.1) is 0 Å². The Kier molecular flexibility index (Phi) is 4.85. The van der Waals surface area contributed by atoms with E-state index in [1.54, 1.807) is 24.3 Å². The van der Waals surface area contributed by atoms with Gasteiger partial charge in [0, 0.05) is 12.6 Å². The number of fused-ring (bicyclic) bond motifs is 1. The summed E-state index contributed by atoms with van der Waals surface area (Å²) >= 11 is 0. The lowest BCUT2D eigenvalue weighted by atomic mass is 9.97. The number of benzene rings is 1. The van der Waals surface area contributed by atoms with E-state index in [1.165, 1.54) is 4.68 Å². The Bertz CT molecular complexity index is 901. The van der Waals surface area contributed by atoms with Gasteiger partial charge in [-0.1, -0.05) is 12.1 Å². The molecule has 5 nitrogen and oxygen atoms in total. The van der Waals surface area contributed by atoms with Crippen LogP contribution in [0.4, 0.5) is 0 Å². The zero-order valence-electron chi connectivity index (χ0n) is 13.9. The van der Waals surface area contributed by atoms with Gasteiger partial charge in [0.1, 0.15) is 0 Å². The lowest BCUT2D eigenvalue weighted by molar-refractivity contribution is 0.528. The molecule has 0 N–H and O–H groups in total. The smallest absolute Gasteiger partial charge is 0.267 e. The molecular weight excluding hydrogens is 324 g/mol. The fourth-order valence-electron chi connectivity index (χ4n) is 3.09. The maximum atomic E-state index is 12.4. The molecule has 3 rings (SSSR count). The van der Waals surface area contributed by atoms with Crippen LogP contribution < -0.4 is 5.56 Å². The summed E-state index contributed by atoms with van der Waals surface area (Å²) in [5, 5.41) is 4.43. The van der Waals surface area contributed by atoms with Gasteiger partial charge in [0.25, 0.3) is 5.56 Å². The van der Waals surface area contributed by atoms with Crippen molar-refractivity contribution in [1.82, 2.24) is 9.78 Å². The van der Waals surface area contributed by atoms with E-state index in [2.05, 4.69) is 5.10 Å². The van der Waals surface area contributed by atoms with Gasteiger partial charge in [-0.2, -0.15) is 5.10 Å². The number of sulfone groups is 1. The van der Waals surface area contributed by atoms with Gasteiger partial charge in [-0.25, -0.2) is 13.1 Å². The van der Waals surface area contributed by atoms with Crippen LogP contribution in [0.15, 0.2) is 40.0 Å². The quantitative estimate of drug-likeness (QED) is 0.833. The molecule has 0 fully saturated rings. The molecule has 0 aliphatic heterocycles. The molecule has 1 aliphatic rings. The third-order valence-corrected chi connectivity index (χ3v) is 6.20. The Morgan fingerprint density at radius 1 is 1.17 bits per heavy atom. The zero-order valence-corrected chi connectivity index (χ0v) is 14.7. The Morgan fingerprint density at radius 3 is 2.75 bits per heavy atom. The summed E-state index contributed by atoms with van der Waals surface area (Å²) in [5.74, 6) is 0.0155. The molecular formula is C18H22N2O3S. The molecule has 0 spiro atoms. The van der Waals surface area contributed by atoms with Crippen molar-refractivity contribution in [2.24, 2.45) is 0 Å². The molecule has 0 saturated carbocycles. The number of rotatable bonds is 5. The fourth-order valence-corrected chi connectivity index (χ4v) is 4.49. The highest BCUT2D eigenvalue weighted by atomic mass is 32.2. The number of aromatic nitrogens is 2. The third kappa shape index (κ3) is 3.75. The van der Waals surface area contributed by atoms with Crippen LogP contribution in [-0.2, 0) is 29.2 Å². The first-order valence-corrected chi connectivity index (χ1v) is 10.0. The Morgan fingerprint density at radius 2 is 1.96 bits per heavy atom. The second-order valence-corrected chi connectivity index (χ2v) is 8.48. The van der Waals surface area contributed by atoms with E-state index >= 15 is 0 Å². The summed E-state index contributed by atoms with van der Waals surface area (Å²) in [4.78, 5) is 12.5. The predicted molar refractivity (Wildman–Crippen MR) is 93.0 cm³/mol. The summed E-state index contributed by atoms with van der Waals surface area (Å²) in [6, 6.07) is 8.58. The van der Waals surface area contributed by atoms with E-state index in [0.29, 0.717) is 17.9 Å². The molecule has 0 atom stereocenters. The highest BCUT2D eigenvalue weighted by molar-refractivity contribution is 7.91. The van der Waals surface area contributed by atoms with Gasteiger partial charge in [0.05, 0.1) is 16.3 Å². The van der Waals surface area contributed by atoms with Gasteiger partial charge >= 0.3 is 0 Å². The van der Waals surface area contributed by atoms with E-state index in [0.717, 1.165) is 42.5 Å². The second-order valence-electron chi connectivity index (χ2n) is 6.37. The minimum Gasteiger partial charge on any atom is -0.268 e. The first-order chi connectivity index (χ1) is 11.5. The average Bonchev–Trinajstić information content (AvgIpc) is 2.55. The van der Waals surface area contributed by atoms with E-state index < -0.39 is 9.84 Å². The van der Waals surface area contributed by atoms with Crippen molar-refractivity contribution in [3.05, 3.63) is 57.5 Å². The standard InChI is InChI=1S/C18H22N2O3S/c1-14-6-4-8-16(12-14)24(22,23)11-5-10-20-18(21)13-15-7-2-3-9-17(15)19-20/h4,6,8,12-13H,2-3,5,7,9-11H2,1H3. The van der Waals surface area contributed by atoms with Gasteiger partial charge in [0.15, 0.2) is 9.84 Å². The van der Waals surface area contributed by atoms with Crippen LogP contribution in [-0.4, -0.2) is 24.0 Å². The van der Waals surface area contributed by atoms with Gasteiger partial charge in [-0.05, 0) is 62.3 Å². The van der Waals surface area contributed by atoms with Crippen molar-refractivity contribution >= 4 is 9.84 Å². The van der Waals surface area contributed by atoms with Crippen LogP contribution in [0.5, 0.6) is 0 Å². The first-order valence-electron chi connectivity index (χ1n) is 8.35. The second kappa shape index (κ2) is 6.89. The minimum absolute atomic E-state index is 0.0155. The van der Waals surface area contributed by atoms with Crippen molar-refractivity contribution in [3.63, 3.8) is 0 Å². The fraction of sp³-hybridized carbons (Fsp3) is 0.444. The number of hydrogen-bond donors (Lipinski definition) is 0. The zero-order chi connectivity index (χ0) is 17.2. The highest BCUT2D eigenvalue weighted by Crippen LogP contribution is 2.17. The number of aryl methyl sites for hydroxylation is 4. The minimum atomic E-state index is -3.33. The molecule has 0 saturated heterocycles. The van der Waals surface area contributed by atoms with Crippen LogP contribution in [0.2, 0.25) is 0 Å². The molecule has 1 aromatic carbocycles. The SMILES string of the molecule is Cc1cccc(S(=O)(=O)CCCn2nc3c(cc2=O)CCCC3)c1. The molecule has 0 unspecified atom stereocenters. The summed E-state index contributed by atoms with van der Waals surface area (Å²) in [6.07, 6.45) is 4.39. The Labute approximate surface area is 142 Å². The molecule has 1 heterocycles. The van der Waals surface area contributed by atoms with Crippen molar-refractivity contribution in [2.75, 3.05) is 5.75 Å². The Balaban J connectivity index is 1.69. The highest BCUT2D eigenvalue weighted by Gasteiger charge is 2.16. The lowest BCUT2D eigenvalue weighted by Crippen LogP contribution is -2.27. The Hall–Kier alpha value is -1.95. The van der Waals surface area contributed by atoms with Crippen LogP contribution in [0.3, 0.4) is 0 Å². The van der Waals surface area contributed by atoms with E-state index in [1.807, 2.05) is 13.0 Å². The lowest BCUT2D eigenvalue weighted by Gasteiger charge is -2.15. The van der Waals surface area contributed by atoms with Crippen molar-refractivity contribution in [3.8, 4) is 0 Å². The van der Waals surface area contributed by atoms with Crippen molar-refractivity contribution in [1.29, 1.82) is 0 Å². The van der Waals surface area contributed by atoms with Gasteiger partial charge < -0.3 is 0 Å². The summed E-state index contributed by atoms with van der Waals surface area (Å²) < 4.78 is 26.2. The monoisotopic (exact) mass is 346 g/mol. The molecule has 0 amide bonds. The molecule has 0 radical (unpaired) electrons. The first kappa shape index (κ1) is 16.9. The topological polar surface area (TPSA) is 69.0 Å². The molecule has 1 aromatic heterocycles. The van der Waals surface area contributed by atoms with Crippen LogP contribution in [0.1, 0.15) is 36.1 Å². The molecule has 24 heavy (non-hydrogen) atoms. The molecule has 128 valence electrons. The number of nitrogens with zero attached hydrogens (tertiary/aromatic N) is 2. The van der Waals surface area contributed by atoms with Crippen LogP contribution in [0, 0.1) is 6.92 Å². The molecule has 0 bridgehead atoms. The van der Waals surface area contributed by atoms with Crippen molar-refractivity contribution < 1.29 is 8.42 Å². The normalized spacial score (nSPS) is 14.4.